The van der Waals surface area contributed by atoms with Gasteiger partial charge in [0.15, 0.2) is 5.60 Å². The summed E-state index contributed by atoms with van der Waals surface area (Å²) in [6.07, 6.45) is 1.36. The van der Waals surface area contributed by atoms with E-state index in [2.05, 4.69) is 0 Å². The van der Waals surface area contributed by atoms with Crippen molar-refractivity contribution < 1.29 is 14.3 Å². The molecule has 3 nitrogen and oxygen atoms in total. The fraction of sp³-hybridized carbons (Fsp3) is 0.900. The van der Waals surface area contributed by atoms with Crippen molar-refractivity contribution in [3.05, 3.63) is 0 Å². The summed E-state index contributed by atoms with van der Waals surface area (Å²) in [7, 11) is 0. The quantitative estimate of drug-likeness (QED) is 0.618. The topological polar surface area (TPSA) is 35.5 Å². The summed E-state index contributed by atoms with van der Waals surface area (Å²) in [6, 6.07) is 0. The highest BCUT2D eigenvalue weighted by Gasteiger charge is 2.46. The van der Waals surface area contributed by atoms with Crippen molar-refractivity contribution >= 4 is 5.97 Å². The van der Waals surface area contributed by atoms with Crippen LogP contribution < -0.4 is 0 Å². The molecule has 0 aromatic rings. The SMILES string of the molecule is CCC1(OC(C)(C)C)CCOC1=O. The highest BCUT2D eigenvalue weighted by molar-refractivity contribution is 5.81. The van der Waals surface area contributed by atoms with Crippen LogP contribution in [0, 0.1) is 0 Å². The first-order valence-corrected chi connectivity index (χ1v) is 4.77. The average molecular weight is 186 g/mol. The van der Waals surface area contributed by atoms with Crippen molar-refractivity contribution in [2.24, 2.45) is 0 Å². The van der Waals surface area contributed by atoms with Gasteiger partial charge in [-0.25, -0.2) is 4.79 Å². The molecule has 1 rings (SSSR count). The molecule has 0 spiro atoms. The molecule has 1 atom stereocenters. The predicted molar refractivity (Wildman–Crippen MR) is 49.4 cm³/mol. The van der Waals surface area contributed by atoms with Gasteiger partial charge in [0.1, 0.15) is 0 Å². The lowest BCUT2D eigenvalue weighted by Gasteiger charge is -2.32. The third-order valence-corrected chi connectivity index (χ3v) is 2.18. The number of carbonyl (C=O) groups excluding carboxylic acids is 1. The number of hydrogen-bond donors (Lipinski definition) is 0. The van der Waals surface area contributed by atoms with E-state index in [1.54, 1.807) is 0 Å². The predicted octanol–water partition coefficient (Wildman–Crippen LogP) is 1.90. The van der Waals surface area contributed by atoms with Crippen LogP contribution in [0.3, 0.4) is 0 Å². The molecule has 1 heterocycles. The second-order valence-electron chi connectivity index (χ2n) is 4.45. The zero-order valence-corrected chi connectivity index (χ0v) is 8.85. The molecular weight excluding hydrogens is 168 g/mol. The van der Waals surface area contributed by atoms with E-state index in [0.29, 0.717) is 19.4 Å². The van der Waals surface area contributed by atoms with Crippen molar-refractivity contribution in [2.45, 2.75) is 51.7 Å². The molecule has 0 bridgehead atoms. The summed E-state index contributed by atoms with van der Waals surface area (Å²) >= 11 is 0. The highest BCUT2D eigenvalue weighted by Crippen LogP contribution is 2.32. The van der Waals surface area contributed by atoms with Crippen LogP contribution in [0.15, 0.2) is 0 Å². The molecule has 1 saturated heterocycles. The largest absolute Gasteiger partial charge is 0.463 e. The maximum atomic E-state index is 11.5. The normalized spacial score (nSPS) is 29.1. The van der Waals surface area contributed by atoms with Crippen LogP contribution in [-0.4, -0.2) is 23.8 Å². The Labute approximate surface area is 79.4 Å². The zero-order valence-electron chi connectivity index (χ0n) is 8.85. The highest BCUT2D eigenvalue weighted by atomic mass is 16.6. The van der Waals surface area contributed by atoms with Gasteiger partial charge in [-0.2, -0.15) is 0 Å². The van der Waals surface area contributed by atoms with Crippen LogP contribution in [0.25, 0.3) is 0 Å². The minimum absolute atomic E-state index is 0.204. The summed E-state index contributed by atoms with van der Waals surface area (Å²) in [5, 5.41) is 0. The monoisotopic (exact) mass is 186 g/mol. The van der Waals surface area contributed by atoms with Crippen molar-refractivity contribution in [3.8, 4) is 0 Å². The minimum atomic E-state index is -0.682. The van der Waals surface area contributed by atoms with Gasteiger partial charge in [0, 0.05) is 6.42 Å². The summed E-state index contributed by atoms with van der Waals surface area (Å²) in [5.41, 5.74) is -0.975. The van der Waals surface area contributed by atoms with Crippen LogP contribution in [0.2, 0.25) is 0 Å². The van der Waals surface area contributed by atoms with E-state index >= 15 is 0 Å². The molecule has 0 saturated carbocycles. The van der Waals surface area contributed by atoms with E-state index in [0.717, 1.165) is 0 Å². The fourth-order valence-electron chi connectivity index (χ4n) is 1.61. The Morgan fingerprint density at radius 2 is 2.15 bits per heavy atom. The first kappa shape index (κ1) is 10.5. The molecule has 13 heavy (non-hydrogen) atoms. The van der Waals surface area contributed by atoms with Gasteiger partial charge in [-0.1, -0.05) is 6.92 Å². The van der Waals surface area contributed by atoms with Gasteiger partial charge >= 0.3 is 5.97 Å². The summed E-state index contributed by atoms with van der Waals surface area (Å²) in [5.74, 6) is -0.204. The molecule has 1 unspecified atom stereocenters. The second-order valence-corrected chi connectivity index (χ2v) is 4.45. The number of hydrogen-bond acceptors (Lipinski definition) is 3. The summed E-state index contributed by atoms with van der Waals surface area (Å²) in [4.78, 5) is 11.5. The Morgan fingerprint density at radius 3 is 2.46 bits per heavy atom. The molecule has 0 amide bonds. The molecule has 0 N–H and O–H groups in total. The lowest BCUT2D eigenvalue weighted by atomic mass is 9.97. The molecular formula is C10H18O3. The van der Waals surface area contributed by atoms with Gasteiger partial charge in [0.2, 0.25) is 0 Å². The second kappa shape index (κ2) is 3.29. The van der Waals surface area contributed by atoms with Crippen LogP contribution in [-0.2, 0) is 14.3 Å². The van der Waals surface area contributed by atoms with Crippen molar-refractivity contribution in [3.63, 3.8) is 0 Å². The lowest BCUT2D eigenvalue weighted by Crippen LogP contribution is -2.43. The smallest absolute Gasteiger partial charge is 0.338 e. The number of carbonyl (C=O) groups is 1. The Kier molecular flexibility index (Phi) is 2.66. The Balaban J connectivity index is 2.76. The van der Waals surface area contributed by atoms with Gasteiger partial charge < -0.3 is 9.47 Å². The standard InChI is InChI=1S/C10H18O3/c1-5-10(13-9(2,3)4)6-7-12-8(10)11/h5-7H2,1-4H3. The molecule has 76 valence electrons. The molecule has 1 fully saturated rings. The average Bonchev–Trinajstić information content (AvgIpc) is 2.30. The number of rotatable bonds is 2. The molecule has 0 aromatic heterocycles. The Morgan fingerprint density at radius 1 is 1.54 bits per heavy atom. The van der Waals surface area contributed by atoms with E-state index in [4.69, 9.17) is 9.47 Å². The van der Waals surface area contributed by atoms with Crippen molar-refractivity contribution in [1.82, 2.24) is 0 Å². The van der Waals surface area contributed by atoms with Crippen LogP contribution in [0.1, 0.15) is 40.5 Å². The van der Waals surface area contributed by atoms with Crippen molar-refractivity contribution in [2.75, 3.05) is 6.61 Å². The number of ether oxygens (including phenoxy) is 2. The van der Waals surface area contributed by atoms with E-state index < -0.39 is 5.60 Å². The van der Waals surface area contributed by atoms with E-state index in [9.17, 15) is 4.79 Å². The zero-order chi connectivity index (χ0) is 10.1. The summed E-state index contributed by atoms with van der Waals surface area (Å²) < 4.78 is 10.7. The van der Waals surface area contributed by atoms with Crippen LogP contribution >= 0.6 is 0 Å². The maximum absolute atomic E-state index is 11.5. The third-order valence-electron chi connectivity index (χ3n) is 2.18. The molecule has 1 aliphatic heterocycles. The molecule has 0 aromatic carbocycles. The first-order chi connectivity index (χ1) is 5.90. The Bertz CT molecular complexity index is 205. The van der Waals surface area contributed by atoms with E-state index in [1.807, 2.05) is 27.7 Å². The van der Waals surface area contributed by atoms with E-state index in [-0.39, 0.29) is 11.6 Å². The van der Waals surface area contributed by atoms with Crippen molar-refractivity contribution in [1.29, 1.82) is 0 Å². The maximum Gasteiger partial charge on any atom is 0.338 e. The van der Waals surface area contributed by atoms with Crippen LogP contribution in [0.4, 0.5) is 0 Å². The van der Waals surface area contributed by atoms with Gasteiger partial charge in [-0.05, 0) is 27.2 Å². The summed E-state index contributed by atoms with van der Waals surface area (Å²) in [6.45, 7) is 8.31. The number of esters is 1. The Hall–Kier alpha value is -0.570. The molecule has 1 aliphatic rings. The van der Waals surface area contributed by atoms with Gasteiger partial charge in [-0.3, -0.25) is 0 Å². The minimum Gasteiger partial charge on any atom is -0.463 e. The van der Waals surface area contributed by atoms with Crippen LogP contribution in [0.5, 0.6) is 0 Å². The van der Waals surface area contributed by atoms with Gasteiger partial charge in [0.25, 0.3) is 0 Å². The van der Waals surface area contributed by atoms with Gasteiger partial charge in [0.05, 0.1) is 12.2 Å². The molecule has 3 heteroatoms. The molecule has 0 aliphatic carbocycles. The lowest BCUT2D eigenvalue weighted by molar-refractivity contribution is -0.175. The van der Waals surface area contributed by atoms with Gasteiger partial charge in [-0.15, -0.1) is 0 Å². The van der Waals surface area contributed by atoms with E-state index in [1.165, 1.54) is 0 Å². The fourth-order valence-corrected chi connectivity index (χ4v) is 1.61. The molecule has 0 radical (unpaired) electrons. The third kappa shape index (κ3) is 2.21. The number of cyclic esters (lactones) is 1. The first-order valence-electron chi connectivity index (χ1n) is 4.77.